The summed E-state index contributed by atoms with van der Waals surface area (Å²) in [5, 5.41) is 3.99. The molecule has 0 amide bonds. The Hall–Kier alpha value is -1.88. The van der Waals surface area contributed by atoms with Crippen molar-refractivity contribution >= 4 is 23.1 Å². The summed E-state index contributed by atoms with van der Waals surface area (Å²) in [5.74, 6) is 0.868. The summed E-state index contributed by atoms with van der Waals surface area (Å²) in [5.41, 5.74) is 2.63. The molecule has 2 rings (SSSR count). The van der Waals surface area contributed by atoms with Crippen molar-refractivity contribution in [2.24, 2.45) is 0 Å². The van der Waals surface area contributed by atoms with E-state index in [1.807, 2.05) is 43.0 Å². The van der Waals surface area contributed by atoms with Gasteiger partial charge in [0.25, 0.3) is 0 Å². The number of allylic oxidation sites excluding steroid dienone is 1. The maximum atomic E-state index is 12.4. The molecule has 4 nitrogen and oxygen atoms in total. The van der Waals surface area contributed by atoms with Crippen LogP contribution in [0.4, 0.5) is 0 Å². The Kier molecular flexibility index (Phi) is 7.00. The van der Waals surface area contributed by atoms with Crippen molar-refractivity contribution < 1.29 is 9.53 Å². The highest BCUT2D eigenvalue weighted by molar-refractivity contribution is 7.80. The highest BCUT2D eigenvalue weighted by Crippen LogP contribution is 2.35. The average Bonchev–Trinajstić information content (AvgIpc) is 2.58. The van der Waals surface area contributed by atoms with Crippen LogP contribution < -0.4 is 10.1 Å². The first-order valence-corrected chi connectivity index (χ1v) is 9.43. The lowest BCUT2D eigenvalue weighted by molar-refractivity contribution is -0.114. The van der Waals surface area contributed by atoms with E-state index in [9.17, 15) is 4.79 Å². The fourth-order valence-corrected chi connectivity index (χ4v) is 3.62. The third kappa shape index (κ3) is 4.40. The fourth-order valence-electron chi connectivity index (χ4n) is 3.24. The second-order valence-corrected chi connectivity index (χ2v) is 6.66. The predicted octanol–water partition coefficient (Wildman–Crippen LogP) is 4.37. The van der Waals surface area contributed by atoms with Gasteiger partial charge in [-0.3, -0.25) is 4.79 Å². The SMILES string of the molecule is CCCCCOc1ccccc1C1NC(=S)N(CC)C(C)=C1C(C)=O. The maximum absolute atomic E-state index is 12.4. The molecule has 136 valence electrons. The maximum Gasteiger partial charge on any atom is 0.173 e. The predicted molar refractivity (Wildman–Crippen MR) is 106 cm³/mol. The lowest BCUT2D eigenvalue weighted by Crippen LogP contribution is -2.47. The van der Waals surface area contributed by atoms with Crippen LogP contribution in [-0.2, 0) is 4.79 Å². The van der Waals surface area contributed by atoms with E-state index in [1.165, 1.54) is 0 Å². The molecule has 0 bridgehead atoms. The number of Topliss-reactive ketones (excluding diaryl/α,β-unsaturated/α-hetero) is 1. The van der Waals surface area contributed by atoms with Crippen LogP contribution in [0, 0.1) is 0 Å². The zero-order valence-electron chi connectivity index (χ0n) is 15.6. The van der Waals surface area contributed by atoms with Crippen molar-refractivity contribution in [3.63, 3.8) is 0 Å². The molecule has 0 saturated heterocycles. The first kappa shape index (κ1) is 19.4. The van der Waals surface area contributed by atoms with Crippen LogP contribution in [0.25, 0.3) is 0 Å². The minimum Gasteiger partial charge on any atom is -0.493 e. The molecular weight excluding hydrogens is 332 g/mol. The molecule has 1 aromatic rings. The second-order valence-electron chi connectivity index (χ2n) is 6.28. The number of rotatable bonds is 8. The summed E-state index contributed by atoms with van der Waals surface area (Å²) in [7, 11) is 0. The molecule has 0 fully saturated rings. The van der Waals surface area contributed by atoms with Crippen LogP contribution in [0.15, 0.2) is 35.5 Å². The monoisotopic (exact) mass is 360 g/mol. The number of para-hydroxylation sites is 1. The van der Waals surface area contributed by atoms with Gasteiger partial charge in [-0.25, -0.2) is 0 Å². The van der Waals surface area contributed by atoms with E-state index in [0.29, 0.717) is 11.7 Å². The zero-order chi connectivity index (χ0) is 18.4. The smallest absolute Gasteiger partial charge is 0.173 e. The molecular formula is C20H28N2O2S. The molecule has 1 aliphatic heterocycles. The Morgan fingerprint density at radius 2 is 2.00 bits per heavy atom. The first-order valence-electron chi connectivity index (χ1n) is 9.02. The minimum atomic E-state index is -0.268. The molecule has 1 unspecified atom stereocenters. The largest absolute Gasteiger partial charge is 0.493 e. The molecule has 0 aliphatic carbocycles. The van der Waals surface area contributed by atoms with Crippen LogP contribution in [0.2, 0.25) is 0 Å². The Morgan fingerprint density at radius 1 is 1.28 bits per heavy atom. The van der Waals surface area contributed by atoms with E-state index in [0.717, 1.165) is 48.4 Å². The van der Waals surface area contributed by atoms with E-state index in [-0.39, 0.29) is 11.8 Å². The van der Waals surface area contributed by atoms with Crippen molar-refractivity contribution in [3.8, 4) is 5.75 Å². The Bertz CT molecular complexity index is 669. The Labute approximate surface area is 156 Å². The molecule has 1 aromatic carbocycles. The van der Waals surface area contributed by atoms with Crippen molar-refractivity contribution in [3.05, 3.63) is 41.1 Å². The number of hydrogen-bond acceptors (Lipinski definition) is 3. The van der Waals surface area contributed by atoms with Crippen LogP contribution in [0.1, 0.15) is 58.6 Å². The molecule has 0 aromatic heterocycles. The summed E-state index contributed by atoms with van der Waals surface area (Å²) in [4.78, 5) is 14.3. The topological polar surface area (TPSA) is 41.6 Å². The molecule has 1 N–H and O–H groups in total. The van der Waals surface area contributed by atoms with Crippen LogP contribution in [-0.4, -0.2) is 28.9 Å². The fraction of sp³-hybridized carbons (Fsp3) is 0.500. The van der Waals surface area contributed by atoms with Gasteiger partial charge in [-0.15, -0.1) is 0 Å². The van der Waals surface area contributed by atoms with Crippen molar-refractivity contribution in [2.75, 3.05) is 13.2 Å². The molecule has 1 atom stereocenters. The van der Waals surface area contributed by atoms with Gasteiger partial charge in [0, 0.05) is 23.4 Å². The lowest BCUT2D eigenvalue weighted by atomic mass is 9.92. The zero-order valence-corrected chi connectivity index (χ0v) is 16.4. The van der Waals surface area contributed by atoms with Gasteiger partial charge in [0.15, 0.2) is 10.9 Å². The van der Waals surface area contributed by atoms with Crippen LogP contribution in [0.3, 0.4) is 0 Å². The highest BCUT2D eigenvalue weighted by atomic mass is 32.1. The van der Waals surface area contributed by atoms with E-state index in [4.69, 9.17) is 17.0 Å². The minimum absolute atomic E-state index is 0.0525. The van der Waals surface area contributed by atoms with Gasteiger partial charge in [-0.05, 0) is 45.5 Å². The number of unbranched alkanes of at least 4 members (excludes halogenated alkanes) is 2. The molecule has 5 heteroatoms. The van der Waals surface area contributed by atoms with E-state index in [1.54, 1.807) is 6.92 Å². The van der Waals surface area contributed by atoms with Crippen molar-refractivity contribution in [1.29, 1.82) is 0 Å². The van der Waals surface area contributed by atoms with Gasteiger partial charge >= 0.3 is 0 Å². The molecule has 0 saturated carbocycles. The van der Waals surface area contributed by atoms with E-state index < -0.39 is 0 Å². The summed E-state index contributed by atoms with van der Waals surface area (Å²) in [6.45, 7) is 9.19. The van der Waals surface area contributed by atoms with Crippen molar-refractivity contribution in [2.45, 2.75) is 53.0 Å². The van der Waals surface area contributed by atoms with Gasteiger partial charge < -0.3 is 15.0 Å². The summed E-state index contributed by atoms with van der Waals surface area (Å²) in [6, 6.07) is 7.63. The number of ketones is 1. The quantitative estimate of drug-likeness (QED) is 0.551. The normalized spacial score (nSPS) is 17.5. The first-order chi connectivity index (χ1) is 12.0. The number of thiocarbonyl (C=S) groups is 1. The summed E-state index contributed by atoms with van der Waals surface area (Å²) >= 11 is 5.51. The highest BCUT2D eigenvalue weighted by Gasteiger charge is 2.32. The summed E-state index contributed by atoms with van der Waals surface area (Å²) in [6.07, 6.45) is 3.34. The number of benzene rings is 1. The van der Waals surface area contributed by atoms with Gasteiger partial charge in [0.05, 0.1) is 12.6 Å². The van der Waals surface area contributed by atoms with Gasteiger partial charge in [-0.1, -0.05) is 38.0 Å². The number of hydrogen-bond donors (Lipinski definition) is 1. The molecule has 1 aliphatic rings. The molecule has 1 heterocycles. The average molecular weight is 361 g/mol. The molecule has 0 spiro atoms. The molecule has 0 radical (unpaired) electrons. The van der Waals surface area contributed by atoms with Gasteiger partial charge in [-0.2, -0.15) is 0 Å². The summed E-state index contributed by atoms with van der Waals surface area (Å²) < 4.78 is 6.01. The lowest BCUT2D eigenvalue weighted by Gasteiger charge is -2.37. The number of nitrogens with zero attached hydrogens (tertiary/aromatic N) is 1. The van der Waals surface area contributed by atoms with Crippen molar-refractivity contribution in [1.82, 2.24) is 10.2 Å². The standard InChI is InChI=1S/C20H28N2O2S/c1-5-7-10-13-24-17-12-9-8-11-16(17)19-18(15(4)23)14(3)22(6-2)20(25)21-19/h8-9,11-12,19H,5-7,10,13H2,1-4H3,(H,21,25). The number of ether oxygens (including phenoxy) is 1. The second kappa shape index (κ2) is 8.99. The number of carbonyl (C=O) groups is 1. The van der Waals surface area contributed by atoms with E-state index >= 15 is 0 Å². The van der Waals surface area contributed by atoms with Crippen LogP contribution in [0.5, 0.6) is 5.75 Å². The third-order valence-corrected chi connectivity index (χ3v) is 4.87. The van der Waals surface area contributed by atoms with Crippen LogP contribution >= 0.6 is 12.2 Å². The van der Waals surface area contributed by atoms with Gasteiger partial charge in [0.1, 0.15) is 5.75 Å². The third-order valence-electron chi connectivity index (χ3n) is 4.53. The number of carbonyl (C=O) groups excluding carboxylic acids is 1. The Balaban J connectivity index is 2.37. The molecule has 25 heavy (non-hydrogen) atoms. The Morgan fingerprint density at radius 3 is 2.64 bits per heavy atom. The van der Waals surface area contributed by atoms with E-state index in [2.05, 4.69) is 12.2 Å². The number of nitrogens with one attached hydrogen (secondary N) is 1. The van der Waals surface area contributed by atoms with Gasteiger partial charge in [0.2, 0.25) is 0 Å².